The van der Waals surface area contributed by atoms with E-state index in [1.807, 2.05) is 13.8 Å². The maximum Gasteiger partial charge on any atom is 0.508 e. The summed E-state index contributed by atoms with van der Waals surface area (Å²) in [6, 6.07) is 5.89. The van der Waals surface area contributed by atoms with E-state index in [4.69, 9.17) is 48.0 Å². The molecule has 8 heterocycles. The van der Waals surface area contributed by atoms with E-state index in [1.165, 1.54) is 12.1 Å². The van der Waals surface area contributed by atoms with Gasteiger partial charge in [-0.05, 0) is 106 Å². The maximum atomic E-state index is 13.7. The van der Waals surface area contributed by atoms with Crippen LogP contribution in [0.25, 0.3) is 0 Å². The molecular weight excluding hydrogens is 702 g/mol. The van der Waals surface area contributed by atoms with Crippen molar-refractivity contribution < 1.29 is 57.7 Å². The van der Waals surface area contributed by atoms with Crippen molar-refractivity contribution >= 4 is 11.8 Å². The minimum Gasteiger partial charge on any atom is -0.429 e. The van der Waals surface area contributed by atoms with Crippen LogP contribution >= 0.6 is 0 Å². The van der Waals surface area contributed by atoms with Crippen LogP contribution in [0.5, 0.6) is 0 Å². The van der Waals surface area contributed by atoms with Gasteiger partial charge in [0.2, 0.25) is 11.6 Å². The molecule has 4 bridgehead atoms. The second-order valence-corrected chi connectivity index (χ2v) is 18.2. The number of non-ortho nitro benzene ring substituents is 1. The van der Waals surface area contributed by atoms with Crippen molar-refractivity contribution in [3.05, 3.63) is 39.9 Å². The molecule has 2 unspecified atom stereocenters. The van der Waals surface area contributed by atoms with Crippen LogP contribution in [0.2, 0.25) is 0 Å². The van der Waals surface area contributed by atoms with E-state index in [2.05, 4.69) is 27.7 Å². The van der Waals surface area contributed by atoms with Crippen molar-refractivity contribution in [3.63, 3.8) is 0 Å². The lowest BCUT2D eigenvalue weighted by Crippen LogP contribution is -2.72. The van der Waals surface area contributed by atoms with Crippen molar-refractivity contribution in [3.8, 4) is 0 Å². The largest absolute Gasteiger partial charge is 0.508 e. The average molecular weight is 758 g/mol. The number of carbonyl (C=O) groups is 1. The molecule has 0 amide bonds. The van der Waals surface area contributed by atoms with Crippen LogP contribution in [0.4, 0.5) is 10.5 Å². The van der Waals surface area contributed by atoms with Crippen LogP contribution < -0.4 is 0 Å². The quantitative estimate of drug-likeness (QED) is 0.117. The van der Waals surface area contributed by atoms with Gasteiger partial charge in [0.05, 0.1) is 11.0 Å². The first-order valence-electron chi connectivity index (χ1n) is 20.2. The number of fused-ring (bicyclic) bond motifs is 4. The number of nitro benzene ring substituents is 1. The zero-order chi connectivity index (χ0) is 37.8. The van der Waals surface area contributed by atoms with Crippen LogP contribution in [0, 0.1) is 57.5 Å². The van der Waals surface area contributed by atoms with Gasteiger partial charge in [-0.2, -0.15) is 0 Å². The first kappa shape index (κ1) is 37.2. The minimum atomic E-state index is -0.957. The topological polar surface area (TPSA) is 153 Å². The van der Waals surface area contributed by atoms with Gasteiger partial charge in [0.1, 0.15) is 18.8 Å². The molecule has 0 aromatic heterocycles. The molecule has 0 N–H and O–H groups in total. The van der Waals surface area contributed by atoms with Gasteiger partial charge >= 0.3 is 6.16 Å². The van der Waals surface area contributed by atoms with E-state index in [9.17, 15) is 14.9 Å². The highest BCUT2D eigenvalue weighted by Gasteiger charge is 2.72. The summed E-state index contributed by atoms with van der Waals surface area (Å²) in [6.45, 7) is 12.6. The lowest BCUT2D eigenvalue weighted by Gasteiger charge is -2.62. The van der Waals surface area contributed by atoms with Crippen LogP contribution in [-0.4, -0.2) is 64.7 Å². The highest BCUT2D eigenvalue weighted by atomic mass is 17.3. The summed E-state index contributed by atoms with van der Waals surface area (Å²) in [5, 5.41) is 11.2. The van der Waals surface area contributed by atoms with E-state index >= 15 is 0 Å². The highest BCUT2D eigenvalue weighted by Crippen LogP contribution is 2.63. The van der Waals surface area contributed by atoms with Crippen molar-refractivity contribution in [2.24, 2.45) is 47.3 Å². The lowest BCUT2D eigenvalue weighted by atomic mass is 9.56. The molecule has 14 heteroatoms. The Morgan fingerprint density at radius 2 is 1.33 bits per heavy atom. The minimum absolute atomic E-state index is 0.0130. The maximum absolute atomic E-state index is 13.7. The fourth-order valence-corrected chi connectivity index (χ4v) is 12.1. The number of hydrogen-bond acceptors (Lipinski definition) is 13. The third-order valence-electron chi connectivity index (χ3n) is 15.1. The summed E-state index contributed by atoms with van der Waals surface area (Å²) >= 11 is 0. The predicted octanol–water partition coefficient (Wildman–Crippen LogP) is 7.51. The van der Waals surface area contributed by atoms with E-state index in [0.717, 1.165) is 38.5 Å². The fourth-order valence-electron chi connectivity index (χ4n) is 12.1. The number of hydrogen-bond donors (Lipinski definition) is 0. The van der Waals surface area contributed by atoms with Gasteiger partial charge < -0.3 is 28.4 Å². The standard InChI is InChI=1S/C40H55NO13/c1-21-7-13-29-23(3)31(46-34-39(29)27(21)15-17-37(5,49-34)51-53-39)19-32(47-36(42)45-20-25-9-11-26(12-10-25)41(43)44)33-24(4)30-14-8-22(2)28-16-18-38(6)50-35(48-33)40(28,30)54-52-38/h9-12,21-24,27-35H,7-8,13-20H2,1-6H3/t21-,22-,23-,24-,27+,28+,29+,30+,31-,32+,33+,34-,35-,37?,38?,39-,40-/m1/s1. The Labute approximate surface area is 316 Å². The van der Waals surface area contributed by atoms with Gasteiger partial charge in [-0.25, -0.2) is 24.3 Å². The molecule has 8 saturated heterocycles. The first-order valence-corrected chi connectivity index (χ1v) is 20.2. The normalized spacial score (nSPS) is 49.4. The molecular formula is C40H55NO13. The van der Waals surface area contributed by atoms with Crippen LogP contribution in [0.3, 0.4) is 0 Å². The van der Waals surface area contributed by atoms with Crippen molar-refractivity contribution in [2.45, 2.75) is 160 Å². The second-order valence-electron chi connectivity index (χ2n) is 18.2. The van der Waals surface area contributed by atoms with Gasteiger partial charge in [-0.3, -0.25) is 10.1 Å². The van der Waals surface area contributed by atoms with Gasteiger partial charge in [0.15, 0.2) is 23.8 Å². The summed E-state index contributed by atoms with van der Waals surface area (Å²) < 4.78 is 39.3. The number of nitrogens with zero attached hydrogens (tertiary/aromatic N) is 1. The molecule has 14 nitrogen and oxygen atoms in total. The molecule has 0 radical (unpaired) electrons. The zero-order valence-corrected chi connectivity index (χ0v) is 32.1. The smallest absolute Gasteiger partial charge is 0.429 e. The van der Waals surface area contributed by atoms with Crippen molar-refractivity contribution in [1.82, 2.24) is 0 Å². The zero-order valence-electron chi connectivity index (χ0n) is 32.1. The second kappa shape index (κ2) is 13.3. The molecule has 8 aliphatic heterocycles. The van der Waals surface area contributed by atoms with Crippen molar-refractivity contribution in [2.75, 3.05) is 0 Å². The molecule has 2 spiro atoms. The van der Waals surface area contributed by atoms with Gasteiger partial charge in [0.25, 0.3) is 5.69 Å². The van der Waals surface area contributed by atoms with E-state index < -0.39 is 58.6 Å². The number of rotatable bonds is 7. The van der Waals surface area contributed by atoms with Crippen molar-refractivity contribution in [1.29, 1.82) is 0 Å². The number of carbonyl (C=O) groups excluding carboxylic acids is 1. The Bertz CT molecular complexity index is 1610. The molecule has 1 aromatic carbocycles. The van der Waals surface area contributed by atoms with Crippen LogP contribution in [0.1, 0.15) is 105 Å². The van der Waals surface area contributed by atoms with Gasteiger partial charge in [0, 0.05) is 43.2 Å². The first-order chi connectivity index (χ1) is 25.8. The van der Waals surface area contributed by atoms with Crippen LogP contribution in [-0.2, 0) is 54.6 Å². The number of benzene rings is 1. The molecule has 54 heavy (non-hydrogen) atoms. The summed E-state index contributed by atoms with van der Waals surface area (Å²) in [5.41, 5.74) is -0.947. The third kappa shape index (κ3) is 5.75. The molecule has 1 aromatic rings. The molecule has 10 fully saturated rings. The Balaban J connectivity index is 1.02. The number of ether oxygens (including phenoxy) is 6. The summed E-state index contributed by atoms with van der Waals surface area (Å²) in [6.07, 6.45) is 3.54. The molecule has 2 aliphatic carbocycles. The predicted molar refractivity (Wildman–Crippen MR) is 186 cm³/mol. The molecule has 11 rings (SSSR count). The van der Waals surface area contributed by atoms with Crippen LogP contribution in [0.15, 0.2) is 24.3 Å². The highest BCUT2D eigenvalue weighted by molar-refractivity contribution is 5.60. The van der Waals surface area contributed by atoms with Gasteiger partial charge in [-0.1, -0.05) is 27.7 Å². The molecule has 10 aliphatic rings. The summed E-state index contributed by atoms with van der Waals surface area (Å²) in [4.78, 5) is 49.3. The Morgan fingerprint density at radius 3 is 1.91 bits per heavy atom. The van der Waals surface area contributed by atoms with E-state index in [0.29, 0.717) is 36.7 Å². The Hall–Kier alpha value is -2.43. The SMILES string of the molecule is C[C@H]1[C@@H]([C@H](C[C@H]2O[C@@H]3OC4(C)CC[C@H]5[C@H](C)CC[C@@H]([C@H]2C)[C@@]35OO4)OC(=O)OCc2ccc([N+](=O)[O-])cc2)O[C@@H]2OC3(C)CC[C@H]4[C@H](C)CC[C@@H]1[C@@]24OO3. The lowest BCUT2D eigenvalue weighted by molar-refractivity contribution is -0.573. The Morgan fingerprint density at radius 1 is 0.778 bits per heavy atom. The number of nitro groups is 1. The molecule has 2 saturated carbocycles. The van der Waals surface area contributed by atoms with Gasteiger partial charge in [-0.15, -0.1) is 0 Å². The third-order valence-corrected chi connectivity index (χ3v) is 15.1. The van der Waals surface area contributed by atoms with E-state index in [-0.39, 0.29) is 53.9 Å². The van der Waals surface area contributed by atoms with E-state index in [1.54, 1.807) is 12.1 Å². The summed E-state index contributed by atoms with van der Waals surface area (Å²) in [7, 11) is 0. The Kier molecular flexibility index (Phi) is 9.17. The molecule has 17 atom stereocenters. The summed E-state index contributed by atoms with van der Waals surface area (Å²) in [5.74, 6) is -0.611. The average Bonchev–Trinajstić information content (AvgIpc) is 3.52. The molecule has 298 valence electrons. The fraction of sp³-hybridized carbons (Fsp3) is 0.825. The monoisotopic (exact) mass is 757 g/mol.